The number of rotatable bonds is 2. The lowest BCUT2D eigenvalue weighted by Gasteiger charge is -1.96. The van der Waals surface area contributed by atoms with Gasteiger partial charge in [0.1, 0.15) is 0 Å². The fourth-order valence-electron chi connectivity index (χ4n) is 0.715. The van der Waals surface area contributed by atoms with Gasteiger partial charge in [-0.3, -0.25) is 0 Å². The van der Waals surface area contributed by atoms with E-state index in [1.54, 1.807) is 0 Å². The highest BCUT2D eigenvalue weighted by molar-refractivity contribution is 7.80. The molecule has 0 fully saturated rings. The molecule has 1 rings (SSSR count). The summed E-state index contributed by atoms with van der Waals surface area (Å²) in [7, 11) is 0. The van der Waals surface area contributed by atoms with Crippen molar-refractivity contribution in [3.63, 3.8) is 0 Å². The smallest absolute Gasteiger partial charge is 0.0788 e. The van der Waals surface area contributed by atoms with Crippen molar-refractivity contribution in [2.75, 3.05) is 6.61 Å². The minimum absolute atomic E-state index is 0.0423. The second kappa shape index (κ2) is 3.44. The third-order valence-electron chi connectivity index (χ3n) is 1.24. The Morgan fingerprint density at radius 3 is 2.40 bits per heavy atom. The van der Waals surface area contributed by atoms with Crippen LogP contribution in [0, 0.1) is 0 Å². The van der Waals surface area contributed by atoms with Crippen molar-refractivity contribution in [1.29, 1.82) is 0 Å². The van der Waals surface area contributed by atoms with Crippen molar-refractivity contribution in [3.8, 4) is 0 Å². The van der Waals surface area contributed by atoms with Gasteiger partial charge < -0.3 is 5.11 Å². The quantitative estimate of drug-likeness (QED) is 0.510. The standard InChI is InChI=1S/C8H8OS/c9-6-8(10)7-4-2-1-3-5-7/h1-5,9H,6H2. The third-order valence-corrected chi connectivity index (χ3v) is 1.60. The summed E-state index contributed by atoms with van der Waals surface area (Å²) in [5.41, 5.74) is 0.931. The van der Waals surface area contributed by atoms with Crippen molar-refractivity contribution in [3.05, 3.63) is 35.9 Å². The van der Waals surface area contributed by atoms with Gasteiger partial charge in [0, 0.05) is 4.86 Å². The Kier molecular flexibility index (Phi) is 2.54. The number of benzene rings is 1. The summed E-state index contributed by atoms with van der Waals surface area (Å²) in [6.07, 6.45) is 0. The first kappa shape index (κ1) is 7.38. The molecule has 10 heavy (non-hydrogen) atoms. The first-order valence-electron chi connectivity index (χ1n) is 3.03. The molecule has 0 aliphatic rings. The first-order valence-corrected chi connectivity index (χ1v) is 3.44. The summed E-state index contributed by atoms with van der Waals surface area (Å²) in [6.45, 7) is -0.0423. The Hall–Kier alpha value is -0.730. The molecule has 0 bridgehead atoms. The molecule has 0 amide bonds. The van der Waals surface area contributed by atoms with Gasteiger partial charge in [-0.15, -0.1) is 0 Å². The van der Waals surface area contributed by atoms with Gasteiger partial charge in [-0.25, -0.2) is 0 Å². The van der Waals surface area contributed by atoms with Gasteiger partial charge in [0.2, 0.25) is 0 Å². The molecule has 0 spiro atoms. The van der Waals surface area contributed by atoms with E-state index < -0.39 is 0 Å². The van der Waals surface area contributed by atoms with Crippen LogP contribution in [-0.4, -0.2) is 16.6 Å². The average Bonchev–Trinajstić information content (AvgIpc) is 2.05. The maximum Gasteiger partial charge on any atom is 0.0788 e. The topological polar surface area (TPSA) is 20.2 Å². The van der Waals surface area contributed by atoms with Crippen LogP contribution in [0.5, 0.6) is 0 Å². The van der Waals surface area contributed by atoms with Gasteiger partial charge >= 0.3 is 0 Å². The highest BCUT2D eigenvalue weighted by Gasteiger charge is 1.94. The Morgan fingerprint density at radius 2 is 1.90 bits per heavy atom. The molecule has 0 saturated heterocycles. The van der Waals surface area contributed by atoms with E-state index in [9.17, 15) is 0 Å². The predicted molar refractivity (Wildman–Crippen MR) is 45.2 cm³/mol. The Balaban J connectivity index is 2.85. The zero-order valence-corrected chi connectivity index (χ0v) is 6.27. The number of aliphatic hydroxyl groups excluding tert-OH is 1. The van der Waals surface area contributed by atoms with Crippen LogP contribution in [0.15, 0.2) is 30.3 Å². The molecule has 0 radical (unpaired) electrons. The van der Waals surface area contributed by atoms with E-state index in [-0.39, 0.29) is 6.61 Å². The molecule has 0 heterocycles. The molecule has 1 nitrogen and oxygen atoms in total. The highest BCUT2D eigenvalue weighted by Crippen LogP contribution is 1.99. The van der Waals surface area contributed by atoms with Crippen LogP contribution < -0.4 is 0 Å². The lowest BCUT2D eigenvalue weighted by atomic mass is 10.2. The molecular weight excluding hydrogens is 144 g/mol. The van der Waals surface area contributed by atoms with Crippen molar-refractivity contribution >= 4 is 17.1 Å². The minimum atomic E-state index is -0.0423. The monoisotopic (exact) mass is 152 g/mol. The maximum absolute atomic E-state index is 8.65. The molecule has 1 N–H and O–H groups in total. The fraction of sp³-hybridized carbons (Fsp3) is 0.125. The van der Waals surface area contributed by atoms with Crippen molar-refractivity contribution < 1.29 is 5.11 Å². The summed E-state index contributed by atoms with van der Waals surface area (Å²) < 4.78 is 0. The van der Waals surface area contributed by atoms with Gasteiger partial charge in [0.15, 0.2) is 0 Å². The van der Waals surface area contributed by atoms with Crippen LogP contribution in [0.2, 0.25) is 0 Å². The van der Waals surface area contributed by atoms with Gasteiger partial charge in [-0.2, -0.15) is 0 Å². The molecule has 1 aromatic rings. The second-order valence-electron chi connectivity index (χ2n) is 1.95. The molecule has 0 aromatic heterocycles. The van der Waals surface area contributed by atoms with Gasteiger partial charge in [0.25, 0.3) is 0 Å². The molecule has 2 heteroatoms. The van der Waals surface area contributed by atoms with Crippen LogP contribution in [0.4, 0.5) is 0 Å². The molecule has 0 aliphatic carbocycles. The van der Waals surface area contributed by atoms with E-state index in [4.69, 9.17) is 17.3 Å². The number of hydrogen-bond acceptors (Lipinski definition) is 2. The zero-order valence-electron chi connectivity index (χ0n) is 5.45. The largest absolute Gasteiger partial charge is 0.391 e. The van der Waals surface area contributed by atoms with Gasteiger partial charge in [0.05, 0.1) is 6.61 Å². The summed E-state index contributed by atoms with van der Waals surface area (Å²) in [4.78, 5) is 0.598. The molecule has 0 aliphatic heterocycles. The molecule has 0 unspecified atom stereocenters. The van der Waals surface area contributed by atoms with E-state index in [0.717, 1.165) is 5.56 Å². The summed E-state index contributed by atoms with van der Waals surface area (Å²) in [5, 5.41) is 8.65. The van der Waals surface area contributed by atoms with Crippen LogP contribution in [0.25, 0.3) is 0 Å². The lowest BCUT2D eigenvalue weighted by molar-refractivity contribution is 0.360. The van der Waals surface area contributed by atoms with E-state index in [1.165, 1.54) is 0 Å². The maximum atomic E-state index is 8.65. The van der Waals surface area contributed by atoms with E-state index in [1.807, 2.05) is 30.3 Å². The normalized spacial score (nSPS) is 9.30. The summed E-state index contributed by atoms with van der Waals surface area (Å²) in [6, 6.07) is 9.50. The van der Waals surface area contributed by atoms with Gasteiger partial charge in [-0.05, 0) is 5.56 Å². The zero-order chi connectivity index (χ0) is 7.40. The van der Waals surface area contributed by atoms with Crippen LogP contribution in [0.3, 0.4) is 0 Å². The molecule has 0 saturated carbocycles. The highest BCUT2D eigenvalue weighted by atomic mass is 32.1. The van der Waals surface area contributed by atoms with Gasteiger partial charge in [-0.1, -0.05) is 42.5 Å². The predicted octanol–water partition coefficient (Wildman–Crippen LogP) is 1.40. The fourth-order valence-corrected chi connectivity index (χ4v) is 0.851. The Labute approximate surface area is 65.3 Å². The second-order valence-corrected chi connectivity index (χ2v) is 2.44. The Bertz CT molecular complexity index is 218. The molecular formula is C8H8OS. The van der Waals surface area contributed by atoms with E-state index >= 15 is 0 Å². The van der Waals surface area contributed by atoms with Crippen molar-refractivity contribution in [1.82, 2.24) is 0 Å². The van der Waals surface area contributed by atoms with Crippen molar-refractivity contribution in [2.24, 2.45) is 0 Å². The number of thiocarbonyl (C=S) groups is 1. The SMILES string of the molecule is OCC(=S)c1ccccc1. The van der Waals surface area contributed by atoms with Crippen LogP contribution >= 0.6 is 12.2 Å². The average molecular weight is 152 g/mol. The third kappa shape index (κ3) is 1.62. The van der Waals surface area contributed by atoms with Crippen LogP contribution in [-0.2, 0) is 0 Å². The molecule has 1 aromatic carbocycles. The van der Waals surface area contributed by atoms with Crippen molar-refractivity contribution in [2.45, 2.75) is 0 Å². The summed E-state index contributed by atoms with van der Waals surface area (Å²) in [5.74, 6) is 0. The minimum Gasteiger partial charge on any atom is -0.391 e. The molecule has 52 valence electrons. The summed E-state index contributed by atoms with van der Waals surface area (Å²) >= 11 is 4.87. The Morgan fingerprint density at radius 1 is 1.30 bits per heavy atom. The lowest BCUT2D eigenvalue weighted by Crippen LogP contribution is -2.01. The number of hydrogen-bond donors (Lipinski definition) is 1. The molecule has 0 atom stereocenters. The van der Waals surface area contributed by atoms with E-state index in [2.05, 4.69) is 0 Å². The first-order chi connectivity index (χ1) is 4.84. The van der Waals surface area contributed by atoms with E-state index in [0.29, 0.717) is 4.86 Å². The number of aliphatic hydroxyl groups is 1. The van der Waals surface area contributed by atoms with Crippen LogP contribution in [0.1, 0.15) is 5.56 Å².